The number of ether oxygens (including phenoxy) is 2. The van der Waals surface area contributed by atoms with E-state index in [9.17, 15) is 4.39 Å². The van der Waals surface area contributed by atoms with Crippen LogP contribution in [0.3, 0.4) is 0 Å². The summed E-state index contributed by atoms with van der Waals surface area (Å²) in [6.45, 7) is 2.40. The number of hydrogen-bond donors (Lipinski definition) is 0. The smallest absolute Gasteiger partial charge is 0.172 e. The molecule has 0 bridgehead atoms. The molecule has 2 aromatic carbocycles. The van der Waals surface area contributed by atoms with Crippen molar-refractivity contribution in [2.24, 2.45) is 0 Å². The predicted molar refractivity (Wildman–Crippen MR) is 115 cm³/mol. The molecule has 1 aromatic heterocycles. The predicted octanol–water partition coefficient (Wildman–Crippen LogP) is 5.74. The largest absolute Gasteiger partial charge is 0.493 e. The monoisotopic (exact) mass is 462 g/mol. The van der Waals surface area contributed by atoms with Crippen molar-refractivity contribution >= 4 is 32.6 Å². The highest BCUT2D eigenvalue weighted by atomic mass is 79.9. The van der Waals surface area contributed by atoms with Gasteiger partial charge in [-0.25, -0.2) is 4.39 Å². The Morgan fingerprint density at radius 3 is 2.76 bits per heavy atom. The van der Waals surface area contributed by atoms with Crippen molar-refractivity contribution in [1.29, 1.82) is 0 Å². The number of nitrogens with zero attached hydrogens (tertiary/aromatic N) is 2. The molecule has 4 rings (SSSR count). The third-order valence-electron chi connectivity index (χ3n) is 5.23. The Morgan fingerprint density at radius 1 is 1.14 bits per heavy atom. The first-order valence-corrected chi connectivity index (χ1v) is 10.7. The van der Waals surface area contributed by atoms with E-state index in [4.69, 9.17) is 14.0 Å². The minimum atomic E-state index is -0.286. The zero-order chi connectivity index (χ0) is 20.2. The number of anilines is 1. The summed E-state index contributed by atoms with van der Waals surface area (Å²) in [5, 5.41) is 5.15. The fraction of sp³-hybridized carbons (Fsp3) is 0.409. The first-order chi connectivity index (χ1) is 14.2. The molecule has 1 fully saturated rings. The van der Waals surface area contributed by atoms with Crippen molar-refractivity contribution in [2.75, 3.05) is 31.7 Å². The Balaban J connectivity index is 1.47. The van der Waals surface area contributed by atoms with Crippen molar-refractivity contribution in [3.63, 3.8) is 0 Å². The molecule has 3 aromatic rings. The van der Waals surface area contributed by atoms with Gasteiger partial charge in [0.25, 0.3) is 0 Å². The molecule has 0 N–H and O–H groups in total. The van der Waals surface area contributed by atoms with Gasteiger partial charge < -0.3 is 18.9 Å². The molecular weight excluding hydrogens is 439 g/mol. The molecule has 0 radical (unpaired) electrons. The fourth-order valence-electron chi connectivity index (χ4n) is 3.82. The molecule has 0 unspecified atom stereocenters. The third kappa shape index (κ3) is 4.50. The third-order valence-corrected chi connectivity index (χ3v) is 5.72. The van der Waals surface area contributed by atoms with Gasteiger partial charge in [-0.15, -0.1) is 0 Å². The van der Waals surface area contributed by atoms with Crippen LogP contribution in [0, 0.1) is 5.82 Å². The average molecular weight is 463 g/mol. The Morgan fingerprint density at radius 2 is 1.97 bits per heavy atom. The molecule has 5 nitrogen and oxygen atoms in total. The summed E-state index contributed by atoms with van der Waals surface area (Å²) in [5.41, 5.74) is 2.26. The summed E-state index contributed by atoms with van der Waals surface area (Å²) in [4.78, 5) is 2.25. The van der Waals surface area contributed by atoms with Crippen LogP contribution in [0.1, 0.15) is 31.4 Å². The highest BCUT2D eigenvalue weighted by Crippen LogP contribution is 2.34. The second kappa shape index (κ2) is 9.03. The van der Waals surface area contributed by atoms with Gasteiger partial charge in [0, 0.05) is 23.6 Å². The number of halogens is 2. The van der Waals surface area contributed by atoms with E-state index in [2.05, 4.69) is 26.0 Å². The van der Waals surface area contributed by atoms with Gasteiger partial charge >= 0.3 is 0 Å². The van der Waals surface area contributed by atoms with Crippen LogP contribution in [0.4, 0.5) is 10.1 Å². The molecule has 154 valence electrons. The van der Waals surface area contributed by atoms with E-state index in [-0.39, 0.29) is 5.82 Å². The van der Waals surface area contributed by atoms with Crippen LogP contribution in [-0.2, 0) is 6.42 Å². The van der Waals surface area contributed by atoms with E-state index in [1.807, 2.05) is 18.2 Å². The molecule has 1 saturated heterocycles. The van der Waals surface area contributed by atoms with E-state index in [1.165, 1.54) is 12.5 Å². The molecular formula is C22H24BrFN2O3. The van der Waals surface area contributed by atoms with Gasteiger partial charge in [-0.3, -0.25) is 0 Å². The maximum absolute atomic E-state index is 14.1. The van der Waals surface area contributed by atoms with Crippen LogP contribution in [0.15, 0.2) is 39.3 Å². The van der Waals surface area contributed by atoms with Crippen LogP contribution < -0.4 is 14.4 Å². The number of aryl methyl sites for hydroxylation is 1. The lowest BCUT2D eigenvalue weighted by Gasteiger charge is -2.29. The molecule has 29 heavy (non-hydrogen) atoms. The van der Waals surface area contributed by atoms with Crippen LogP contribution in [0.2, 0.25) is 0 Å². The van der Waals surface area contributed by atoms with Gasteiger partial charge in [0.1, 0.15) is 5.82 Å². The van der Waals surface area contributed by atoms with E-state index < -0.39 is 0 Å². The first-order valence-electron chi connectivity index (χ1n) is 9.95. The molecule has 0 aliphatic carbocycles. The maximum atomic E-state index is 14.1. The topological polar surface area (TPSA) is 47.7 Å². The van der Waals surface area contributed by atoms with Crippen LogP contribution in [0.25, 0.3) is 11.0 Å². The highest BCUT2D eigenvalue weighted by molar-refractivity contribution is 9.10. The Bertz CT molecular complexity index is 986. The number of hydrogen-bond acceptors (Lipinski definition) is 5. The van der Waals surface area contributed by atoms with E-state index in [1.54, 1.807) is 13.2 Å². The van der Waals surface area contributed by atoms with Crippen molar-refractivity contribution in [3.8, 4) is 11.5 Å². The van der Waals surface area contributed by atoms with Crippen molar-refractivity contribution in [2.45, 2.75) is 32.1 Å². The van der Waals surface area contributed by atoms with Crippen molar-refractivity contribution in [3.05, 3.63) is 46.3 Å². The lowest BCUT2D eigenvalue weighted by molar-refractivity contribution is 0.288. The van der Waals surface area contributed by atoms with E-state index in [0.717, 1.165) is 53.6 Å². The SMILES string of the molecule is COc1cc(Br)ccc1OCCCc1noc2cc(F)cc(N3CCCCC3)c12. The van der Waals surface area contributed by atoms with Gasteiger partial charge in [0.2, 0.25) is 0 Å². The zero-order valence-electron chi connectivity index (χ0n) is 16.4. The summed E-state index contributed by atoms with van der Waals surface area (Å²) in [6.07, 6.45) is 4.93. The number of aromatic nitrogens is 1. The van der Waals surface area contributed by atoms with Gasteiger partial charge in [0.05, 0.1) is 30.5 Å². The van der Waals surface area contributed by atoms with Crippen molar-refractivity contribution in [1.82, 2.24) is 5.16 Å². The maximum Gasteiger partial charge on any atom is 0.172 e. The summed E-state index contributed by atoms with van der Waals surface area (Å²) in [6, 6.07) is 8.70. The number of fused-ring (bicyclic) bond motifs is 1. The number of methoxy groups -OCH3 is 1. The average Bonchev–Trinajstić information content (AvgIpc) is 3.14. The lowest BCUT2D eigenvalue weighted by Crippen LogP contribution is -2.29. The molecule has 0 spiro atoms. The molecule has 0 amide bonds. The molecule has 2 heterocycles. The fourth-order valence-corrected chi connectivity index (χ4v) is 4.16. The van der Waals surface area contributed by atoms with Crippen LogP contribution >= 0.6 is 15.9 Å². The summed E-state index contributed by atoms with van der Waals surface area (Å²) in [5.74, 6) is 1.11. The second-order valence-electron chi connectivity index (χ2n) is 7.22. The Kier molecular flexibility index (Phi) is 6.23. The van der Waals surface area contributed by atoms with E-state index >= 15 is 0 Å². The molecule has 1 aliphatic heterocycles. The number of rotatable bonds is 7. The van der Waals surface area contributed by atoms with Crippen molar-refractivity contribution < 1.29 is 18.4 Å². The van der Waals surface area contributed by atoms with Gasteiger partial charge in [0.15, 0.2) is 17.1 Å². The molecule has 7 heteroatoms. The minimum absolute atomic E-state index is 0.286. The quantitative estimate of drug-likeness (QED) is 0.419. The standard InChI is InChI=1S/C22H24BrFN2O3/c1-27-20-12-15(23)7-8-19(20)28-11-5-6-17-22-18(26-9-3-2-4-10-26)13-16(24)14-21(22)29-25-17/h7-8,12-14H,2-6,9-11H2,1H3. The van der Waals surface area contributed by atoms with Crippen LogP contribution in [0.5, 0.6) is 11.5 Å². The molecule has 1 aliphatic rings. The lowest BCUT2D eigenvalue weighted by atomic mass is 10.1. The minimum Gasteiger partial charge on any atom is -0.493 e. The zero-order valence-corrected chi connectivity index (χ0v) is 18.0. The van der Waals surface area contributed by atoms with Gasteiger partial charge in [-0.1, -0.05) is 21.1 Å². The summed E-state index contributed by atoms with van der Waals surface area (Å²) in [7, 11) is 1.62. The Hall–Kier alpha value is -2.28. The first kappa shape index (κ1) is 20.0. The molecule has 0 saturated carbocycles. The number of benzene rings is 2. The second-order valence-corrected chi connectivity index (χ2v) is 8.14. The summed E-state index contributed by atoms with van der Waals surface area (Å²) < 4.78 is 31.7. The van der Waals surface area contributed by atoms with Gasteiger partial charge in [-0.2, -0.15) is 0 Å². The Labute approximate surface area is 177 Å². The number of piperidine rings is 1. The normalized spacial score (nSPS) is 14.4. The van der Waals surface area contributed by atoms with E-state index in [0.29, 0.717) is 30.1 Å². The van der Waals surface area contributed by atoms with Crippen LogP contribution in [-0.4, -0.2) is 32.0 Å². The summed E-state index contributed by atoms with van der Waals surface area (Å²) >= 11 is 3.43. The van der Waals surface area contributed by atoms with Gasteiger partial charge in [-0.05, 0) is 56.4 Å². The molecule has 0 atom stereocenters. The highest BCUT2D eigenvalue weighted by Gasteiger charge is 2.20.